The first-order valence-corrected chi connectivity index (χ1v) is 15.6. The molecule has 0 saturated heterocycles. The third-order valence-corrected chi connectivity index (χ3v) is 8.69. The molecular weight excluding hydrogens is 579 g/mol. The predicted molar refractivity (Wildman–Crippen MR) is 170 cm³/mol. The van der Waals surface area contributed by atoms with Crippen molar-refractivity contribution < 1.29 is 22.7 Å². The highest BCUT2D eigenvalue weighted by molar-refractivity contribution is 5.87. The summed E-state index contributed by atoms with van der Waals surface area (Å²) in [5, 5.41) is 7.76. The molecule has 2 aliphatic rings. The van der Waals surface area contributed by atoms with Crippen molar-refractivity contribution in [3.63, 3.8) is 0 Å². The summed E-state index contributed by atoms with van der Waals surface area (Å²) < 4.78 is 54.9. The van der Waals surface area contributed by atoms with E-state index in [4.69, 9.17) is 4.74 Å². The van der Waals surface area contributed by atoms with Crippen LogP contribution in [-0.4, -0.2) is 76.5 Å². The van der Waals surface area contributed by atoms with Gasteiger partial charge < -0.3 is 15.0 Å². The standard InChI is InChI=1S/C35H44F3N5O2/c1-7-42-20-26(19-40-42)24-10-11-28-25(16-24)15-23(2)43(21-34(3,4)38)33(28)32-29(36)17-27(18-30(32)37)45-22-35(12-13-35)39-14-8-9-31(44)41(5)6/h8-11,16-20,23,33,39H,7,12-15,21-22H2,1-6H3/b9-8+/t23-,33+/m1/s1. The smallest absolute Gasteiger partial charge is 0.245 e. The highest BCUT2D eigenvalue weighted by Gasteiger charge is 2.43. The van der Waals surface area contributed by atoms with Gasteiger partial charge in [0.1, 0.15) is 29.7 Å². The number of rotatable bonds is 12. The second-order valence-corrected chi connectivity index (χ2v) is 13.2. The molecule has 2 aromatic carbocycles. The summed E-state index contributed by atoms with van der Waals surface area (Å²) in [4.78, 5) is 15.1. The van der Waals surface area contributed by atoms with Crippen molar-refractivity contribution in [1.29, 1.82) is 0 Å². The molecule has 1 aliphatic carbocycles. The van der Waals surface area contributed by atoms with Crippen molar-refractivity contribution in [2.45, 2.75) is 76.8 Å². The molecule has 1 aliphatic heterocycles. The molecule has 7 nitrogen and oxygen atoms in total. The zero-order valence-electron chi connectivity index (χ0n) is 27.0. The van der Waals surface area contributed by atoms with Crippen LogP contribution in [0.4, 0.5) is 13.2 Å². The van der Waals surface area contributed by atoms with Crippen molar-refractivity contribution >= 4 is 5.91 Å². The number of fused-ring (bicyclic) bond motifs is 1. The first kappa shape index (κ1) is 32.8. The molecule has 10 heteroatoms. The van der Waals surface area contributed by atoms with Crippen LogP contribution in [0.1, 0.15) is 63.3 Å². The maximum Gasteiger partial charge on any atom is 0.245 e. The van der Waals surface area contributed by atoms with Crippen LogP contribution in [0.3, 0.4) is 0 Å². The van der Waals surface area contributed by atoms with E-state index >= 15 is 13.2 Å². The Morgan fingerprint density at radius 1 is 1.18 bits per heavy atom. The van der Waals surface area contributed by atoms with Gasteiger partial charge in [-0.15, -0.1) is 0 Å². The maximum atomic E-state index is 16.0. The SMILES string of the molecule is CCn1cc(-c2ccc3c(c2)C[C@@H](C)N(CC(C)(C)F)[C@@H]3c2c(F)cc(OCC3(NC/C=C/C(=O)N(C)C)CC3)cc2F)cn1. The number of aromatic nitrogens is 2. The van der Waals surface area contributed by atoms with Gasteiger partial charge in [-0.05, 0) is 63.6 Å². The van der Waals surface area contributed by atoms with E-state index in [0.29, 0.717) is 13.0 Å². The largest absolute Gasteiger partial charge is 0.491 e. The van der Waals surface area contributed by atoms with E-state index in [1.54, 1.807) is 20.2 Å². The topological polar surface area (TPSA) is 62.6 Å². The fourth-order valence-corrected chi connectivity index (χ4v) is 6.02. The minimum Gasteiger partial charge on any atom is -0.491 e. The van der Waals surface area contributed by atoms with Gasteiger partial charge in [-0.3, -0.25) is 14.4 Å². The van der Waals surface area contributed by atoms with Gasteiger partial charge in [-0.2, -0.15) is 5.10 Å². The number of carbonyl (C=O) groups is 1. The van der Waals surface area contributed by atoms with Crippen molar-refractivity contribution in [3.05, 3.63) is 83.2 Å². The lowest BCUT2D eigenvalue weighted by molar-refractivity contribution is -0.123. The van der Waals surface area contributed by atoms with Crippen LogP contribution in [0.5, 0.6) is 5.75 Å². The molecule has 242 valence electrons. The molecule has 2 heterocycles. The van der Waals surface area contributed by atoms with Crippen LogP contribution in [-0.2, 0) is 17.8 Å². The molecule has 45 heavy (non-hydrogen) atoms. The van der Waals surface area contributed by atoms with Gasteiger partial charge in [0, 0.05) is 75.3 Å². The van der Waals surface area contributed by atoms with Gasteiger partial charge in [-0.25, -0.2) is 13.2 Å². The Balaban J connectivity index is 1.40. The number of alkyl halides is 1. The fraction of sp³-hybridized carbons (Fsp3) is 0.486. The van der Waals surface area contributed by atoms with Crippen molar-refractivity contribution in [3.8, 4) is 16.9 Å². The van der Waals surface area contributed by atoms with Crippen LogP contribution in [0.2, 0.25) is 0 Å². The molecule has 1 saturated carbocycles. The second-order valence-electron chi connectivity index (χ2n) is 13.2. The number of hydrogen-bond acceptors (Lipinski definition) is 5. The van der Waals surface area contributed by atoms with Gasteiger partial charge in [0.15, 0.2) is 0 Å². The number of hydrogen-bond donors (Lipinski definition) is 1. The Labute approximate surface area is 264 Å². The number of carbonyl (C=O) groups excluding carboxylic acids is 1. The zero-order valence-corrected chi connectivity index (χ0v) is 27.0. The molecule has 3 aromatic rings. The first-order valence-electron chi connectivity index (χ1n) is 15.6. The molecule has 0 radical (unpaired) electrons. The Morgan fingerprint density at radius 3 is 2.49 bits per heavy atom. The quantitative estimate of drug-likeness (QED) is 0.248. The lowest BCUT2D eigenvalue weighted by Crippen LogP contribution is -2.48. The van der Waals surface area contributed by atoms with Gasteiger partial charge in [0.05, 0.1) is 17.8 Å². The zero-order chi connectivity index (χ0) is 32.5. The average molecular weight is 624 g/mol. The third-order valence-electron chi connectivity index (χ3n) is 8.69. The summed E-state index contributed by atoms with van der Waals surface area (Å²) in [6.07, 6.45) is 9.39. The van der Waals surface area contributed by atoms with Crippen molar-refractivity contribution in [2.24, 2.45) is 0 Å². The van der Waals surface area contributed by atoms with E-state index in [1.165, 1.54) is 37.0 Å². The summed E-state index contributed by atoms with van der Waals surface area (Å²) in [6.45, 7) is 8.46. The van der Waals surface area contributed by atoms with Crippen molar-refractivity contribution in [2.75, 3.05) is 33.8 Å². The Kier molecular flexibility index (Phi) is 9.46. The van der Waals surface area contributed by atoms with E-state index in [1.807, 2.05) is 48.0 Å². The summed E-state index contributed by atoms with van der Waals surface area (Å²) in [7, 11) is 3.38. The summed E-state index contributed by atoms with van der Waals surface area (Å²) in [6, 6.07) is 7.41. The first-order chi connectivity index (χ1) is 21.3. The molecule has 1 aromatic heterocycles. The number of ether oxygens (including phenoxy) is 1. The van der Waals surface area contributed by atoms with Gasteiger partial charge in [-0.1, -0.05) is 24.3 Å². The summed E-state index contributed by atoms with van der Waals surface area (Å²) in [5.74, 6) is -1.46. The van der Waals surface area contributed by atoms with Gasteiger partial charge >= 0.3 is 0 Å². The molecular formula is C35H44F3N5O2. The Morgan fingerprint density at radius 2 is 1.89 bits per heavy atom. The number of nitrogens with one attached hydrogen (secondary N) is 1. The van der Waals surface area contributed by atoms with Gasteiger partial charge in [0.2, 0.25) is 5.91 Å². The van der Waals surface area contributed by atoms with Crippen LogP contribution in [0, 0.1) is 11.6 Å². The predicted octanol–water partition coefficient (Wildman–Crippen LogP) is 6.08. The van der Waals surface area contributed by atoms with E-state index in [-0.39, 0.29) is 42.0 Å². The number of benzene rings is 2. The molecule has 2 atom stereocenters. The van der Waals surface area contributed by atoms with Crippen LogP contribution in [0.15, 0.2) is 54.9 Å². The highest BCUT2D eigenvalue weighted by atomic mass is 19.1. The molecule has 0 spiro atoms. The molecule has 0 unspecified atom stereocenters. The summed E-state index contributed by atoms with van der Waals surface area (Å²) in [5.41, 5.74) is 1.70. The molecule has 1 N–H and O–H groups in total. The van der Waals surface area contributed by atoms with Crippen LogP contribution in [0.25, 0.3) is 11.1 Å². The normalized spacial score (nSPS) is 19.5. The summed E-state index contributed by atoms with van der Waals surface area (Å²) >= 11 is 0. The van der Waals surface area contributed by atoms with Crippen molar-refractivity contribution in [1.82, 2.24) is 24.9 Å². The third kappa shape index (κ3) is 7.61. The second kappa shape index (κ2) is 13.0. The molecule has 1 amide bonds. The fourth-order valence-electron chi connectivity index (χ4n) is 6.02. The Hall–Kier alpha value is -3.63. The monoisotopic (exact) mass is 623 g/mol. The van der Waals surface area contributed by atoms with E-state index in [0.717, 1.165) is 41.6 Å². The van der Waals surface area contributed by atoms with Crippen LogP contribution >= 0.6 is 0 Å². The molecule has 0 bridgehead atoms. The maximum absolute atomic E-state index is 16.0. The molecule has 1 fully saturated rings. The minimum atomic E-state index is -1.57. The lowest BCUT2D eigenvalue weighted by atomic mass is 9.82. The number of likely N-dealkylation sites (N-methyl/N-ethyl adjacent to an activating group) is 1. The van der Waals surface area contributed by atoms with E-state index < -0.39 is 23.3 Å². The lowest BCUT2D eigenvalue weighted by Gasteiger charge is -2.44. The Bertz CT molecular complexity index is 1530. The minimum absolute atomic E-state index is 0.0171. The van der Waals surface area contributed by atoms with E-state index in [9.17, 15) is 4.79 Å². The number of halogens is 3. The molecule has 5 rings (SSSR count). The number of nitrogens with zero attached hydrogens (tertiary/aromatic N) is 4. The number of amides is 1. The van der Waals surface area contributed by atoms with Gasteiger partial charge in [0.25, 0.3) is 0 Å². The van der Waals surface area contributed by atoms with Crippen LogP contribution < -0.4 is 10.1 Å². The number of aryl methyl sites for hydroxylation is 1. The highest BCUT2D eigenvalue weighted by Crippen LogP contribution is 2.43. The van der Waals surface area contributed by atoms with E-state index in [2.05, 4.69) is 16.5 Å². The average Bonchev–Trinajstić information content (AvgIpc) is 3.58.